The van der Waals surface area contributed by atoms with E-state index in [1.807, 2.05) is 49.6 Å². The van der Waals surface area contributed by atoms with Gasteiger partial charge in [-0.25, -0.2) is 0 Å². The minimum Gasteiger partial charge on any atom is -0.483 e. The van der Waals surface area contributed by atoms with Crippen LogP contribution in [0.1, 0.15) is 16.0 Å². The van der Waals surface area contributed by atoms with Crippen molar-refractivity contribution in [1.29, 1.82) is 0 Å². The van der Waals surface area contributed by atoms with Crippen molar-refractivity contribution in [3.05, 3.63) is 57.8 Å². The molecule has 26 heavy (non-hydrogen) atoms. The Kier molecular flexibility index (Phi) is 7.31. The fourth-order valence-corrected chi connectivity index (χ4v) is 2.83. The average Bonchev–Trinajstić information content (AvgIpc) is 3.11. The van der Waals surface area contributed by atoms with Gasteiger partial charge in [0.1, 0.15) is 5.75 Å². The van der Waals surface area contributed by atoms with Gasteiger partial charge in [-0.3, -0.25) is 25.8 Å². The zero-order valence-electron chi connectivity index (χ0n) is 14.4. The monoisotopic (exact) mass is 389 g/mol. The summed E-state index contributed by atoms with van der Waals surface area (Å²) in [6, 6.07) is 9.53. The SMILES string of the molecule is Cc1cccc(C)c1OCC(=O)NNC(=S)NC(=O)C=Cc1cccs1. The first-order valence-corrected chi connectivity index (χ1v) is 9.05. The van der Waals surface area contributed by atoms with Crippen LogP contribution in [-0.4, -0.2) is 23.5 Å². The van der Waals surface area contributed by atoms with Crippen molar-refractivity contribution < 1.29 is 14.3 Å². The second-order valence-electron chi connectivity index (χ2n) is 5.35. The molecule has 2 amide bonds. The summed E-state index contributed by atoms with van der Waals surface area (Å²) in [5, 5.41) is 4.34. The number of aryl methyl sites for hydroxylation is 2. The first kappa shape index (κ1) is 19.6. The number of nitrogens with one attached hydrogen (secondary N) is 3. The van der Waals surface area contributed by atoms with E-state index in [4.69, 9.17) is 17.0 Å². The Balaban J connectivity index is 1.71. The Morgan fingerprint density at radius 1 is 1.15 bits per heavy atom. The van der Waals surface area contributed by atoms with Crippen molar-refractivity contribution in [3.63, 3.8) is 0 Å². The molecule has 3 N–H and O–H groups in total. The lowest BCUT2D eigenvalue weighted by molar-refractivity contribution is -0.123. The van der Waals surface area contributed by atoms with Crippen LogP contribution in [0, 0.1) is 13.8 Å². The summed E-state index contributed by atoms with van der Waals surface area (Å²) in [6.07, 6.45) is 3.05. The molecule has 0 bridgehead atoms. The van der Waals surface area contributed by atoms with Crippen LogP contribution in [-0.2, 0) is 9.59 Å². The van der Waals surface area contributed by atoms with Gasteiger partial charge < -0.3 is 4.74 Å². The normalized spacial score (nSPS) is 10.4. The molecule has 6 nitrogen and oxygen atoms in total. The van der Waals surface area contributed by atoms with E-state index >= 15 is 0 Å². The second kappa shape index (κ2) is 9.69. The summed E-state index contributed by atoms with van der Waals surface area (Å²) in [5.74, 6) is -0.132. The predicted octanol–water partition coefficient (Wildman–Crippen LogP) is 2.48. The molecule has 8 heteroatoms. The van der Waals surface area contributed by atoms with Crippen molar-refractivity contribution >= 4 is 46.6 Å². The molecule has 2 rings (SSSR count). The lowest BCUT2D eigenvalue weighted by Gasteiger charge is -2.13. The third kappa shape index (κ3) is 6.30. The van der Waals surface area contributed by atoms with Gasteiger partial charge in [0.15, 0.2) is 11.7 Å². The van der Waals surface area contributed by atoms with Crippen LogP contribution in [0.25, 0.3) is 6.08 Å². The van der Waals surface area contributed by atoms with E-state index in [9.17, 15) is 9.59 Å². The number of rotatable bonds is 5. The molecule has 0 aliphatic rings. The van der Waals surface area contributed by atoms with E-state index in [0.717, 1.165) is 16.0 Å². The first-order valence-electron chi connectivity index (χ1n) is 7.76. The second-order valence-corrected chi connectivity index (χ2v) is 6.74. The van der Waals surface area contributed by atoms with Crippen LogP contribution in [0.15, 0.2) is 41.8 Å². The number of thiocarbonyl (C=S) groups is 1. The van der Waals surface area contributed by atoms with E-state index < -0.39 is 11.8 Å². The Morgan fingerprint density at radius 2 is 1.88 bits per heavy atom. The molecule has 1 aromatic heterocycles. The maximum atomic E-state index is 11.8. The predicted molar refractivity (Wildman–Crippen MR) is 107 cm³/mol. The van der Waals surface area contributed by atoms with Gasteiger partial charge in [-0.2, -0.15) is 0 Å². The summed E-state index contributed by atoms with van der Waals surface area (Å²) in [6.45, 7) is 3.65. The lowest BCUT2D eigenvalue weighted by atomic mass is 10.1. The van der Waals surface area contributed by atoms with Crippen LogP contribution in [0.2, 0.25) is 0 Å². The van der Waals surface area contributed by atoms with Crippen molar-refractivity contribution in [2.75, 3.05) is 6.61 Å². The summed E-state index contributed by atoms with van der Waals surface area (Å²) in [7, 11) is 0. The Bertz CT molecular complexity index is 797. The number of hydrazine groups is 1. The maximum Gasteiger partial charge on any atom is 0.276 e. The van der Waals surface area contributed by atoms with Gasteiger partial charge in [-0.1, -0.05) is 24.3 Å². The fourth-order valence-electron chi connectivity index (χ4n) is 2.06. The maximum absolute atomic E-state index is 11.8. The molecule has 136 valence electrons. The summed E-state index contributed by atoms with van der Waals surface area (Å²) < 4.78 is 5.53. The number of carbonyl (C=O) groups excluding carboxylic acids is 2. The van der Waals surface area contributed by atoms with Crippen molar-refractivity contribution in [1.82, 2.24) is 16.2 Å². The highest BCUT2D eigenvalue weighted by Crippen LogP contribution is 2.21. The number of carbonyl (C=O) groups is 2. The van der Waals surface area contributed by atoms with E-state index in [2.05, 4.69) is 16.2 Å². The zero-order chi connectivity index (χ0) is 18.9. The molecule has 1 aromatic carbocycles. The van der Waals surface area contributed by atoms with Crippen molar-refractivity contribution in [3.8, 4) is 5.75 Å². The van der Waals surface area contributed by atoms with Crippen LogP contribution in [0.3, 0.4) is 0 Å². The molecule has 0 unspecified atom stereocenters. The van der Waals surface area contributed by atoms with Gasteiger partial charge in [0.2, 0.25) is 5.91 Å². The zero-order valence-corrected chi connectivity index (χ0v) is 16.0. The molecule has 1 heterocycles. The molecule has 0 fully saturated rings. The third-order valence-corrected chi connectivity index (χ3v) is 4.29. The summed E-state index contributed by atoms with van der Waals surface area (Å²) in [4.78, 5) is 24.5. The molecule has 0 saturated carbocycles. The highest BCUT2D eigenvalue weighted by Gasteiger charge is 2.08. The highest BCUT2D eigenvalue weighted by atomic mass is 32.1. The average molecular weight is 390 g/mol. The number of benzene rings is 1. The van der Waals surface area contributed by atoms with Gasteiger partial charge in [-0.15, -0.1) is 11.3 Å². The van der Waals surface area contributed by atoms with E-state index in [1.165, 1.54) is 17.4 Å². The first-order chi connectivity index (χ1) is 12.5. The minimum absolute atomic E-state index is 0.00810. The van der Waals surface area contributed by atoms with Gasteiger partial charge in [0, 0.05) is 11.0 Å². The number of hydrogen-bond acceptors (Lipinski definition) is 5. The van der Waals surface area contributed by atoms with Gasteiger partial charge >= 0.3 is 0 Å². The Morgan fingerprint density at radius 3 is 2.54 bits per heavy atom. The van der Waals surface area contributed by atoms with Crippen LogP contribution < -0.4 is 20.9 Å². The number of ether oxygens (including phenoxy) is 1. The smallest absolute Gasteiger partial charge is 0.276 e. The number of thiophene rings is 1. The highest BCUT2D eigenvalue weighted by molar-refractivity contribution is 7.80. The summed E-state index contributed by atoms with van der Waals surface area (Å²) >= 11 is 6.47. The Hall–Kier alpha value is -2.71. The van der Waals surface area contributed by atoms with E-state index in [1.54, 1.807) is 6.08 Å². The van der Waals surface area contributed by atoms with Crippen molar-refractivity contribution in [2.24, 2.45) is 0 Å². The molecular weight excluding hydrogens is 370 g/mol. The van der Waals surface area contributed by atoms with E-state index in [0.29, 0.717) is 5.75 Å². The quantitative estimate of drug-likeness (QED) is 0.416. The van der Waals surface area contributed by atoms with Gasteiger partial charge in [0.05, 0.1) is 0 Å². The van der Waals surface area contributed by atoms with Gasteiger partial charge in [0.25, 0.3) is 5.91 Å². The number of amides is 2. The molecular formula is C18H19N3O3S2. The number of para-hydroxylation sites is 1. The summed E-state index contributed by atoms with van der Waals surface area (Å²) in [5.41, 5.74) is 6.74. The minimum atomic E-state index is -0.418. The molecule has 0 saturated heterocycles. The fraction of sp³-hybridized carbons (Fsp3) is 0.167. The molecule has 0 aliphatic carbocycles. The third-order valence-electron chi connectivity index (χ3n) is 3.25. The standard InChI is InChI=1S/C18H19N3O3S2/c1-12-5-3-6-13(2)17(12)24-11-16(23)20-21-18(25)19-15(22)9-8-14-7-4-10-26-14/h3-10H,11H2,1-2H3,(H,20,23)(H2,19,21,22,25). The number of hydrogen-bond donors (Lipinski definition) is 3. The topological polar surface area (TPSA) is 79.5 Å². The Labute approximate surface area is 161 Å². The van der Waals surface area contributed by atoms with Crippen LogP contribution in [0.4, 0.5) is 0 Å². The van der Waals surface area contributed by atoms with Crippen molar-refractivity contribution in [2.45, 2.75) is 13.8 Å². The molecule has 0 spiro atoms. The van der Waals surface area contributed by atoms with Gasteiger partial charge in [-0.05, 0) is 54.7 Å². The largest absolute Gasteiger partial charge is 0.483 e. The molecule has 2 aromatic rings. The van der Waals surface area contributed by atoms with Crippen LogP contribution in [0.5, 0.6) is 5.75 Å². The molecule has 0 aliphatic heterocycles. The molecule has 0 radical (unpaired) electrons. The van der Waals surface area contributed by atoms with Crippen LogP contribution >= 0.6 is 23.6 Å². The molecule has 0 atom stereocenters. The van der Waals surface area contributed by atoms with E-state index in [-0.39, 0.29) is 11.7 Å². The lowest BCUT2D eigenvalue weighted by Crippen LogP contribution is -2.49.